The molecule has 0 heterocycles. The minimum absolute atomic E-state index is 0.959. The molecule has 0 fully saturated rings. The number of rotatable bonds is 8. The van der Waals surface area contributed by atoms with Gasteiger partial charge in [-0.15, -0.1) is 0 Å². The Morgan fingerprint density at radius 3 is 1.25 bits per heavy atom. The second-order valence-corrected chi connectivity index (χ2v) is 20.3. The molecule has 0 atom stereocenters. The summed E-state index contributed by atoms with van der Waals surface area (Å²) in [6.45, 7) is 0. The van der Waals surface area contributed by atoms with Crippen LogP contribution in [0.3, 0.4) is 0 Å². The molecule has 356 valence electrons. The van der Waals surface area contributed by atoms with E-state index in [1.165, 1.54) is 109 Å². The number of hydrogen-bond donors (Lipinski definition) is 0. The number of para-hydroxylation sites is 2. The summed E-state index contributed by atoms with van der Waals surface area (Å²) >= 11 is 0. The molecular formula is C74H50N2. The van der Waals surface area contributed by atoms with Crippen molar-refractivity contribution in [3.63, 3.8) is 0 Å². The predicted octanol–water partition coefficient (Wildman–Crippen LogP) is 21.0. The molecule has 0 radical (unpaired) electrons. The minimum atomic E-state index is 0.959. The van der Waals surface area contributed by atoms with Gasteiger partial charge in [-0.25, -0.2) is 0 Å². The number of fused-ring (bicyclic) bond motifs is 10. The standard InChI is InChI=1S/C74H50N2/c1-3-25-55(26-4-1)75(57-37-35-49-19-7-9-21-51(49)43-57)59-39-41-67-71(47-59)73(69-45-53-23-11-13-29-61(53)63-31-15-17-33-65(63)69)68-42-40-60(76(56-27-5-2-6-28-56)58-38-36-50-20-8-10-22-52(50)44-58)48-72(68)74(67)70-46-54-24-12-14-30-62(54)64-32-16-18-34-66(64)70/h1-17,19-33,35-48H,18,34H2. The van der Waals surface area contributed by atoms with Gasteiger partial charge in [0.15, 0.2) is 0 Å². The van der Waals surface area contributed by atoms with Crippen molar-refractivity contribution in [2.75, 3.05) is 9.80 Å². The van der Waals surface area contributed by atoms with Gasteiger partial charge in [0.05, 0.1) is 0 Å². The molecule has 0 bridgehead atoms. The quantitative estimate of drug-likeness (QED) is 0.111. The fourth-order valence-corrected chi connectivity index (χ4v) is 12.5. The van der Waals surface area contributed by atoms with Crippen molar-refractivity contribution in [2.45, 2.75) is 12.8 Å². The second-order valence-electron chi connectivity index (χ2n) is 20.3. The van der Waals surface area contributed by atoms with Gasteiger partial charge in [-0.05, 0) is 207 Å². The Morgan fingerprint density at radius 1 is 0.250 bits per heavy atom. The Labute approximate surface area is 442 Å². The number of hydrogen-bond acceptors (Lipinski definition) is 2. The van der Waals surface area contributed by atoms with Crippen molar-refractivity contribution in [1.29, 1.82) is 0 Å². The Morgan fingerprint density at radius 2 is 0.671 bits per heavy atom. The molecule has 14 aromatic carbocycles. The third-order valence-corrected chi connectivity index (χ3v) is 16.0. The van der Waals surface area contributed by atoms with Gasteiger partial charge in [-0.2, -0.15) is 0 Å². The van der Waals surface area contributed by atoms with Gasteiger partial charge in [0.1, 0.15) is 0 Å². The third kappa shape index (κ3) is 7.25. The molecule has 0 saturated heterocycles. The van der Waals surface area contributed by atoms with E-state index in [1.807, 2.05) is 0 Å². The normalized spacial score (nSPS) is 12.3. The summed E-state index contributed by atoms with van der Waals surface area (Å²) in [4.78, 5) is 4.87. The van der Waals surface area contributed by atoms with Crippen LogP contribution in [0, 0.1) is 0 Å². The lowest BCUT2D eigenvalue weighted by Crippen LogP contribution is -2.10. The smallest absolute Gasteiger partial charge is 0.0468 e. The SMILES string of the molecule is C1=Cc2c(c(-c3c4cc(N(c5ccccc5)c5ccc6ccccc6c5)ccc4c(-c4cc5ccccc5c5ccccc45)c4cc(N(c5ccccc5)c5ccc6ccccc6c5)ccc34)cc3ccccc23)CC1. The van der Waals surface area contributed by atoms with Gasteiger partial charge in [0.25, 0.3) is 0 Å². The highest BCUT2D eigenvalue weighted by Crippen LogP contribution is 2.52. The van der Waals surface area contributed by atoms with Gasteiger partial charge < -0.3 is 9.80 Å². The van der Waals surface area contributed by atoms with Crippen LogP contribution in [0.5, 0.6) is 0 Å². The molecule has 0 aliphatic heterocycles. The van der Waals surface area contributed by atoms with Crippen molar-refractivity contribution < 1.29 is 0 Å². The van der Waals surface area contributed by atoms with Gasteiger partial charge in [-0.3, -0.25) is 0 Å². The average molecular weight is 967 g/mol. The molecule has 0 amide bonds. The van der Waals surface area contributed by atoms with Crippen LogP contribution in [0.1, 0.15) is 17.5 Å². The second kappa shape index (κ2) is 18.0. The van der Waals surface area contributed by atoms with Crippen LogP contribution in [-0.2, 0) is 6.42 Å². The number of anilines is 6. The van der Waals surface area contributed by atoms with Gasteiger partial charge in [0.2, 0.25) is 0 Å². The van der Waals surface area contributed by atoms with Crippen molar-refractivity contribution >= 4 is 116 Å². The van der Waals surface area contributed by atoms with Crippen LogP contribution in [0.2, 0.25) is 0 Å². The number of allylic oxidation sites excluding steroid dienone is 1. The molecule has 14 aromatic rings. The first-order chi connectivity index (χ1) is 37.7. The fourth-order valence-electron chi connectivity index (χ4n) is 12.5. The molecule has 2 heteroatoms. The zero-order valence-corrected chi connectivity index (χ0v) is 41.9. The summed E-state index contributed by atoms with van der Waals surface area (Å²) in [6, 6.07) is 99.2. The van der Waals surface area contributed by atoms with Gasteiger partial charge in [0, 0.05) is 34.1 Å². The Bertz CT molecular complexity index is 4650. The van der Waals surface area contributed by atoms with E-state index in [2.05, 4.69) is 289 Å². The lowest BCUT2D eigenvalue weighted by molar-refractivity contribution is 0.992. The monoisotopic (exact) mass is 966 g/mol. The van der Waals surface area contributed by atoms with Crippen LogP contribution < -0.4 is 9.80 Å². The van der Waals surface area contributed by atoms with Crippen molar-refractivity contribution in [3.05, 3.63) is 284 Å². The lowest BCUT2D eigenvalue weighted by Gasteiger charge is -2.29. The van der Waals surface area contributed by atoms with E-state index in [0.29, 0.717) is 0 Å². The first kappa shape index (κ1) is 43.8. The van der Waals surface area contributed by atoms with Crippen LogP contribution >= 0.6 is 0 Å². The van der Waals surface area contributed by atoms with Crippen LogP contribution in [-0.4, -0.2) is 0 Å². The highest BCUT2D eigenvalue weighted by Gasteiger charge is 2.26. The first-order valence-electron chi connectivity index (χ1n) is 26.5. The van der Waals surface area contributed by atoms with Gasteiger partial charge >= 0.3 is 0 Å². The van der Waals surface area contributed by atoms with E-state index < -0.39 is 0 Å². The Kier molecular flexibility index (Phi) is 10.4. The molecule has 0 unspecified atom stereocenters. The van der Waals surface area contributed by atoms with Crippen LogP contribution in [0.15, 0.2) is 273 Å². The summed E-state index contributed by atoms with van der Waals surface area (Å²) in [7, 11) is 0. The molecule has 0 N–H and O–H groups in total. The van der Waals surface area contributed by atoms with E-state index in [1.54, 1.807) is 0 Å². The topological polar surface area (TPSA) is 6.48 Å². The van der Waals surface area contributed by atoms with E-state index >= 15 is 0 Å². The maximum absolute atomic E-state index is 2.50. The van der Waals surface area contributed by atoms with Crippen molar-refractivity contribution in [2.24, 2.45) is 0 Å². The largest absolute Gasteiger partial charge is 0.310 e. The molecular weight excluding hydrogens is 917 g/mol. The average Bonchev–Trinajstić information content (AvgIpc) is 3.61. The fraction of sp³-hybridized carbons (Fsp3) is 0.0270. The van der Waals surface area contributed by atoms with Crippen LogP contribution in [0.25, 0.3) is 104 Å². The molecule has 1 aliphatic carbocycles. The number of nitrogens with zero attached hydrogens (tertiary/aromatic N) is 2. The Hall–Kier alpha value is -9.76. The van der Waals surface area contributed by atoms with Gasteiger partial charge in [-0.1, -0.05) is 194 Å². The molecule has 0 saturated carbocycles. The van der Waals surface area contributed by atoms with E-state index in [-0.39, 0.29) is 0 Å². The molecule has 1 aliphatic rings. The summed E-state index contributed by atoms with van der Waals surface area (Å²) in [5, 5.41) is 17.2. The summed E-state index contributed by atoms with van der Waals surface area (Å²) in [5.74, 6) is 0. The van der Waals surface area contributed by atoms with Crippen molar-refractivity contribution in [1.82, 2.24) is 0 Å². The number of benzene rings is 14. The Balaban J connectivity index is 1.11. The lowest BCUT2D eigenvalue weighted by atomic mass is 9.80. The predicted molar refractivity (Wildman–Crippen MR) is 327 cm³/mol. The van der Waals surface area contributed by atoms with Crippen LogP contribution in [0.4, 0.5) is 34.1 Å². The van der Waals surface area contributed by atoms with E-state index in [4.69, 9.17) is 0 Å². The molecule has 2 nitrogen and oxygen atoms in total. The van der Waals surface area contributed by atoms with E-state index in [0.717, 1.165) is 47.0 Å². The third-order valence-electron chi connectivity index (χ3n) is 16.0. The summed E-state index contributed by atoms with van der Waals surface area (Å²) in [6.07, 6.45) is 6.69. The molecule has 0 spiro atoms. The highest BCUT2D eigenvalue weighted by atomic mass is 15.1. The maximum Gasteiger partial charge on any atom is 0.0468 e. The summed E-state index contributed by atoms with van der Waals surface area (Å²) in [5.41, 5.74) is 14.3. The summed E-state index contributed by atoms with van der Waals surface area (Å²) < 4.78 is 0. The molecule has 76 heavy (non-hydrogen) atoms. The van der Waals surface area contributed by atoms with Crippen molar-refractivity contribution in [3.8, 4) is 22.3 Å². The zero-order valence-electron chi connectivity index (χ0n) is 41.9. The maximum atomic E-state index is 2.50. The minimum Gasteiger partial charge on any atom is -0.310 e. The van der Waals surface area contributed by atoms with E-state index in [9.17, 15) is 0 Å². The molecule has 0 aromatic heterocycles. The first-order valence-corrected chi connectivity index (χ1v) is 26.5. The zero-order chi connectivity index (χ0) is 50.1. The molecule has 15 rings (SSSR count). The highest BCUT2D eigenvalue weighted by molar-refractivity contribution is 6.27.